The summed E-state index contributed by atoms with van der Waals surface area (Å²) in [7, 11) is 0. The van der Waals surface area contributed by atoms with Gasteiger partial charge in [0.2, 0.25) is 0 Å². The first-order chi connectivity index (χ1) is 7.06. The lowest BCUT2D eigenvalue weighted by Gasteiger charge is -2.20. The van der Waals surface area contributed by atoms with Crippen LogP contribution < -0.4 is 0 Å². The maximum atomic E-state index is 9.56. The van der Waals surface area contributed by atoms with Crippen LogP contribution in [0.5, 0.6) is 0 Å². The maximum Gasteiger partial charge on any atom is 0.126 e. The van der Waals surface area contributed by atoms with E-state index in [1.807, 2.05) is 0 Å². The lowest BCUT2D eigenvalue weighted by molar-refractivity contribution is -0.0790. The van der Waals surface area contributed by atoms with Crippen LogP contribution in [-0.4, -0.2) is 49.2 Å². The molecule has 0 fully saturated rings. The van der Waals surface area contributed by atoms with Gasteiger partial charge in [-0.05, 0) is 6.92 Å². The second kappa shape index (κ2) is 5.13. The average Bonchev–Trinajstić information content (AvgIpc) is 2.27. The van der Waals surface area contributed by atoms with Gasteiger partial charge in [0.1, 0.15) is 18.3 Å². The summed E-state index contributed by atoms with van der Waals surface area (Å²) in [5.74, 6) is 0. The molecule has 0 unspecified atom stereocenters. The van der Waals surface area contributed by atoms with E-state index < -0.39 is 24.9 Å². The van der Waals surface area contributed by atoms with Crippen molar-refractivity contribution in [2.45, 2.75) is 25.2 Å². The first kappa shape index (κ1) is 12.0. The SMILES string of the molecule is Cc1cnc([C@@H](O)[C@@H](O)[C@H](O)CO)cn1. The third-order valence-corrected chi connectivity index (χ3v) is 2.01. The first-order valence-electron chi connectivity index (χ1n) is 4.50. The Morgan fingerprint density at radius 3 is 2.33 bits per heavy atom. The second-order valence-electron chi connectivity index (χ2n) is 3.27. The van der Waals surface area contributed by atoms with Crippen molar-refractivity contribution in [2.75, 3.05) is 6.61 Å². The van der Waals surface area contributed by atoms with E-state index >= 15 is 0 Å². The minimum absolute atomic E-state index is 0.153. The molecule has 1 aromatic rings. The third kappa shape index (κ3) is 2.93. The highest BCUT2D eigenvalue weighted by Crippen LogP contribution is 2.15. The Morgan fingerprint density at radius 1 is 1.20 bits per heavy atom. The van der Waals surface area contributed by atoms with Gasteiger partial charge in [-0.2, -0.15) is 0 Å². The van der Waals surface area contributed by atoms with Crippen LogP contribution in [0.2, 0.25) is 0 Å². The average molecular weight is 214 g/mol. The summed E-state index contributed by atoms with van der Waals surface area (Å²) in [4.78, 5) is 7.74. The number of hydrogen-bond acceptors (Lipinski definition) is 6. The van der Waals surface area contributed by atoms with E-state index in [1.54, 1.807) is 6.92 Å². The Labute approximate surface area is 86.9 Å². The molecule has 0 aliphatic rings. The summed E-state index contributed by atoms with van der Waals surface area (Å²) in [6, 6.07) is 0. The highest BCUT2D eigenvalue weighted by Gasteiger charge is 2.26. The fourth-order valence-corrected chi connectivity index (χ4v) is 1.05. The van der Waals surface area contributed by atoms with E-state index in [1.165, 1.54) is 12.4 Å². The smallest absolute Gasteiger partial charge is 0.126 e. The van der Waals surface area contributed by atoms with Crippen molar-refractivity contribution in [2.24, 2.45) is 0 Å². The fraction of sp³-hybridized carbons (Fsp3) is 0.556. The van der Waals surface area contributed by atoms with Crippen molar-refractivity contribution < 1.29 is 20.4 Å². The lowest BCUT2D eigenvalue weighted by atomic mass is 10.1. The molecule has 0 radical (unpaired) electrons. The zero-order valence-electron chi connectivity index (χ0n) is 8.28. The van der Waals surface area contributed by atoms with Crippen molar-refractivity contribution in [1.29, 1.82) is 0 Å². The van der Waals surface area contributed by atoms with Gasteiger partial charge in [-0.3, -0.25) is 9.97 Å². The van der Waals surface area contributed by atoms with E-state index in [9.17, 15) is 10.2 Å². The summed E-state index contributed by atoms with van der Waals surface area (Å²) in [6.07, 6.45) is -1.49. The molecule has 15 heavy (non-hydrogen) atoms. The van der Waals surface area contributed by atoms with Crippen molar-refractivity contribution in [3.63, 3.8) is 0 Å². The molecule has 1 rings (SSSR count). The Morgan fingerprint density at radius 2 is 1.87 bits per heavy atom. The number of nitrogens with zero attached hydrogens (tertiary/aromatic N) is 2. The van der Waals surface area contributed by atoms with E-state index in [2.05, 4.69) is 9.97 Å². The van der Waals surface area contributed by atoms with Crippen molar-refractivity contribution in [3.8, 4) is 0 Å². The Hall–Kier alpha value is -1.08. The van der Waals surface area contributed by atoms with E-state index in [0.717, 1.165) is 0 Å². The predicted molar refractivity (Wildman–Crippen MR) is 50.8 cm³/mol. The number of rotatable bonds is 4. The van der Waals surface area contributed by atoms with E-state index in [0.29, 0.717) is 5.69 Å². The molecule has 6 nitrogen and oxygen atoms in total. The molecule has 0 amide bonds. The molecule has 6 heteroatoms. The summed E-state index contributed by atoms with van der Waals surface area (Å²) in [5.41, 5.74) is 0.837. The topological polar surface area (TPSA) is 107 Å². The van der Waals surface area contributed by atoms with Gasteiger partial charge in [0.15, 0.2) is 0 Å². The summed E-state index contributed by atoms with van der Waals surface area (Å²) in [6.45, 7) is 1.11. The Bertz CT molecular complexity index is 303. The van der Waals surface area contributed by atoms with Gasteiger partial charge in [0, 0.05) is 6.20 Å². The number of aromatic nitrogens is 2. The summed E-state index contributed by atoms with van der Waals surface area (Å²) >= 11 is 0. The number of aliphatic hydroxyl groups is 4. The maximum absolute atomic E-state index is 9.56. The monoisotopic (exact) mass is 214 g/mol. The Kier molecular flexibility index (Phi) is 4.10. The molecule has 1 aromatic heterocycles. The molecule has 1 heterocycles. The Balaban J connectivity index is 2.75. The molecule has 0 aliphatic heterocycles. The predicted octanol–water partition coefficient (Wildman–Crippen LogP) is -1.47. The van der Waals surface area contributed by atoms with Crippen molar-refractivity contribution in [3.05, 3.63) is 23.8 Å². The van der Waals surface area contributed by atoms with E-state index in [-0.39, 0.29) is 5.69 Å². The normalized spacial score (nSPS) is 17.1. The lowest BCUT2D eigenvalue weighted by Crippen LogP contribution is -2.35. The zero-order chi connectivity index (χ0) is 11.4. The van der Waals surface area contributed by atoms with Gasteiger partial charge in [-0.15, -0.1) is 0 Å². The van der Waals surface area contributed by atoms with Crippen LogP contribution in [0.15, 0.2) is 12.4 Å². The van der Waals surface area contributed by atoms with Gasteiger partial charge in [-0.1, -0.05) is 0 Å². The second-order valence-corrected chi connectivity index (χ2v) is 3.27. The highest BCUT2D eigenvalue weighted by molar-refractivity contribution is 5.05. The van der Waals surface area contributed by atoms with Crippen LogP contribution in [0.3, 0.4) is 0 Å². The van der Waals surface area contributed by atoms with Gasteiger partial charge >= 0.3 is 0 Å². The molecule has 4 N–H and O–H groups in total. The van der Waals surface area contributed by atoms with Gasteiger partial charge in [0.05, 0.1) is 24.2 Å². The van der Waals surface area contributed by atoms with Crippen LogP contribution in [0.4, 0.5) is 0 Å². The van der Waals surface area contributed by atoms with Crippen LogP contribution in [-0.2, 0) is 0 Å². The quantitative estimate of drug-likeness (QED) is 0.487. The zero-order valence-corrected chi connectivity index (χ0v) is 8.28. The molecule has 84 valence electrons. The van der Waals surface area contributed by atoms with Crippen LogP contribution >= 0.6 is 0 Å². The number of aliphatic hydroxyl groups excluding tert-OH is 4. The molecule has 0 spiro atoms. The molecule has 0 saturated carbocycles. The van der Waals surface area contributed by atoms with Gasteiger partial charge < -0.3 is 20.4 Å². The van der Waals surface area contributed by atoms with Gasteiger partial charge in [0.25, 0.3) is 0 Å². The fourth-order valence-electron chi connectivity index (χ4n) is 1.05. The number of hydrogen-bond donors (Lipinski definition) is 4. The molecule has 3 atom stereocenters. The molecule has 0 bridgehead atoms. The molecule has 0 saturated heterocycles. The van der Waals surface area contributed by atoms with Gasteiger partial charge in [-0.25, -0.2) is 0 Å². The molecule has 0 aliphatic carbocycles. The standard InChI is InChI=1S/C9H14N2O4/c1-5-2-11-6(3-10-5)8(14)9(15)7(13)4-12/h2-3,7-9,12-15H,4H2,1H3/t7-,8-,9+/m1/s1. The molecular formula is C9H14N2O4. The number of aryl methyl sites for hydroxylation is 1. The van der Waals surface area contributed by atoms with Crippen molar-refractivity contribution in [1.82, 2.24) is 9.97 Å². The van der Waals surface area contributed by atoms with Crippen LogP contribution in [0.1, 0.15) is 17.5 Å². The largest absolute Gasteiger partial charge is 0.394 e. The molecular weight excluding hydrogens is 200 g/mol. The third-order valence-electron chi connectivity index (χ3n) is 2.01. The van der Waals surface area contributed by atoms with Crippen molar-refractivity contribution >= 4 is 0 Å². The summed E-state index contributed by atoms with van der Waals surface area (Å²) < 4.78 is 0. The minimum Gasteiger partial charge on any atom is -0.394 e. The summed E-state index contributed by atoms with van der Waals surface area (Å²) in [5, 5.41) is 36.6. The molecule has 0 aromatic carbocycles. The highest BCUT2D eigenvalue weighted by atomic mass is 16.4. The minimum atomic E-state index is -1.48. The van der Waals surface area contributed by atoms with Crippen LogP contribution in [0, 0.1) is 6.92 Å². The first-order valence-corrected chi connectivity index (χ1v) is 4.50. The van der Waals surface area contributed by atoms with E-state index in [4.69, 9.17) is 10.2 Å². The van der Waals surface area contributed by atoms with Crippen LogP contribution in [0.25, 0.3) is 0 Å².